The Kier molecular flexibility index (Phi) is 4.04. The zero-order valence-electron chi connectivity index (χ0n) is 7.97. The van der Waals surface area contributed by atoms with Gasteiger partial charge in [-0.3, -0.25) is 4.79 Å². The number of nitrogens with two attached hydrogens (primary N) is 2. The molecule has 1 aliphatic carbocycles. The molecule has 0 bridgehead atoms. The predicted molar refractivity (Wildman–Crippen MR) is 61.1 cm³/mol. The number of hydrogen-bond acceptors (Lipinski definition) is 5. The summed E-state index contributed by atoms with van der Waals surface area (Å²) in [4.78, 5) is 15.6. The van der Waals surface area contributed by atoms with Crippen molar-refractivity contribution in [3.8, 4) is 0 Å². The highest BCUT2D eigenvalue weighted by Crippen LogP contribution is 2.18. The molecule has 7 heteroatoms. The molecular weight excluding hydrogens is 236 g/mol. The zero-order valence-corrected chi connectivity index (χ0v) is 9.61. The quantitative estimate of drug-likeness (QED) is 0.694. The Bertz CT molecular complexity index is 356. The lowest BCUT2D eigenvalue weighted by Gasteiger charge is -1.99. The fourth-order valence-electron chi connectivity index (χ4n) is 1.13. The summed E-state index contributed by atoms with van der Waals surface area (Å²) in [5, 5.41) is 5.28. The van der Waals surface area contributed by atoms with Crippen molar-refractivity contribution >= 4 is 29.7 Å². The van der Waals surface area contributed by atoms with Gasteiger partial charge >= 0.3 is 0 Å². The number of halogens is 1. The Morgan fingerprint density at radius 1 is 1.73 bits per heavy atom. The van der Waals surface area contributed by atoms with Crippen LogP contribution in [0, 0.1) is 0 Å². The topological polar surface area (TPSA) is 94.0 Å². The molecule has 0 saturated heterocycles. The highest BCUT2D eigenvalue weighted by Gasteiger charge is 2.35. The smallest absolute Gasteiger partial charge is 0.271 e. The number of hydrogen-bond donors (Lipinski definition) is 3. The molecule has 2 atom stereocenters. The molecule has 1 saturated carbocycles. The Balaban J connectivity index is 0.00000112. The SMILES string of the molecule is Cl.NCc1nc(C(=O)NC2CC2N)cs1. The van der Waals surface area contributed by atoms with Crippen molar-refractivity contribution in [3.63, 3.8) is 0 Å². The van der Waals surface area contributed by atoms with Crippen LogP contribution in [0.3, 0.4) is 0 Å². The molecular formula is C8H13ClN4OS. The summed E-state index contributed by atoms with van der Waals surface area (Å²) in [6.45, 7) is 0.376. The maximum Gasteiger partial charge on any atom is 0.271 e. The molecule has 1 aromatic heterocycles. The summed E-state index contributed by atoms with van der Waals surface area (Å²) in [5.41, 5.74) is 11.4. The fourth-order valence-corrected chi connectivity index (χ4v) is 1.79. The first-order valence-electron chi connectivity index (χ1n) is 4.41. The van der Waals surface area contributed by atoms with Crippen LogP contribution in [0.5, 0.6) is 0 Å². The van der Waals surface area contributed by atoms with Gasteiger partial charge in [0.2, 0.25) is 0 Å². The Morgan fingerprint density at radius 3 is 2.87 bits per heavy atom. The lowest BCUT2D eigenvalue weighted by molar-refractivity contribution is 0.0946. The minimum absolute atomic E-state index is 0. The monoisotopic (exact) mass is 248 g/mol. The van der Waals surface area contributed by atoms with E-state index in [1.807, 2.05) is 0 Å². The van der Waals surface area contributed by atoms with Crippen molar-refractivity contribution in [1.82, 2.24) is 10.3 Å². The number of carbonyl (C=O) groups is 1. The molecule has 1 aliphatic rings. The molecule has 15 heavy (non-hydrogen) atoms. The van der Waals surface area contributed by atoms with Crippen LogP contribution in [0.15, 0.2) is 5.38 Å². The van der Waals surface area contributed by atoms with Crippen molar-refractivity contribution in [2.24, 2.45) is 11.5 Å². The predicted octanol–water partition coefficient (Wildman–Crippen LogP) is -0.147. The first kappa shape index (κ1) is 12.4. The molecule has 0 spiro atoms. The molecule has 5 N–H and O–H groups in total. The van der Waals surface area contributed by atoms with Crippen LogP contribution in [0.2, 0.25) is 0 Å². The summed E-state index contributed by atoms with van der Waals surface area (Å²) in [7, 11) is 0. The first-order valence-corrected chi connectivity index (χ1v) is 5.29. The molecule has 0 radical (unpaired) electrons. The standard InChI is InChI=1S/C8H12N4OS.ClH/c9-2-7-11-6(3-14-7)8(13)12-5-1-4(5)10;/h3-5H,1-2,9-10H2,(H,12,13);1H. The number of nitrogens with zero attached hydrogens (tertiary/aromatic N) is 1. The average molecular weight is 249 g/mol. The lowest BCUT2D eigenvalue weighted by Crippen LogP contribution is -2.29. The van der Waals surface area contributed by atoms with E-state index < -0.39 is 0 Å². The number of thiazole rings is 1. The Hall–Kier alpha value is -0.690. The lowest BCUT2D eigenvalue weighted by atomic mass is 10.4. The molecule has 0 aliphatic heterocycles. The average Bonchev–Trinajstić information content (AvgIpc) is 2.72. The molecule has 2 unspecified atom stereocenters. The van der Waals surface area contributed by atoms with Crippen LogP contribution in [-0.4, -0.2) is 23.0 Å². The van der Waals surface area contributed by atoms with E-state index in [1.54, 1.807) is 5.38 Å². The van der Waals surface area contributed by atoms with Crippen molar-refractivity contribution in [1.29, 1.82) is 0 Å². The molecule has 1 fully saturated rings. The second-order valence-electron chi connectivity index (χ2n) is 3.31. The molecule has 1 aromatic rings. The summed E-state index contributed by atoms with van der Waals surface area (Å²) < 4.78 is 0. The van der Waals surface area contributed by atoms with Gasteiger partial charge < -0.3 is 16.8 Å². The van der Waals surface area contributed by atoms with Gasteiger partial charge in [-0.05, 0) is 6.42 Å². The number of nitrogens with one attached hydrogen (secondary N) is 1. The summed E-state index contributed by atoms with van der Waals surface area (Å²) in [5.74, 6) is -0.154. The number of aromatic nitrogens is 1. The third-order valence-corrected chi connectivity index (χ3v) is 2.99. The van der Waals surface area contributed by atoms with Crippen LogP contribution in [0.4, 0.5) is 0 Å². The Morgan fingerprint density at radius 2 is 2.40 bits per heavy atom. The van der Waals surface area contributed by atoms with Crippen LogP contribution >= 0.6 is 23.7 Å². The Labute approximate surface area is 97.7 Å². The van der Waals surface area contributed by atoms with Gasteiger partial charge in [-0.15, -0.1) is 23.7 Å². The van der Waals surface area contributed by atoms with Crippen molar-refractivity contribution in [2.45, 2.75) is 25.0 Å². The van der Waals surface area contributed by atoms with E-state index in [2.05, 4.69) is 10.3 Å². The van der Waals surface area contributed by atoms with E-state index in [0.29, 0.717) is 12.2 Å². The first-order chi connectivity index (χ1) is 6.70. The summed E-state index contributed by atoms with van der Waals surface area (Å²) in [6.07, 6.45) is 0.861. The van der Waals surface area contributed by atoms with Crippen LogP contribution in [0.1, 0.15) is 21.9 Å². The highest BCUT2D eigenvalue weighted by atomic mass is 35.5. The number of rotatable bonds is 3. The molecule has 1 heterocycles. The maximum atomic E-state index is 11.5. The third-order valence-electron chi connectivity index (χ3n) is 2.12. The summed E-state index contributed by atoms with van der Waals surface area (Å²) >= 11 is 1.40. The van der Waals surface area contributed by atoms with Gasteiger partial charge in [0, 0.05) is 24.0 Å². The molecule has 84 valence electrons. The highest BCUT2D eigenvalue weighted by molar-refractivity contribution is 7.09. The van der Waals surface area contributed by atoms with E-state index in [-0.39, 0.29) is 30.4 Å². The molecule has 1 amide bonds. The number of carbonyl (C=O) groups excluding carboxylic acids is 1. The fraction of sp³-hybridized carbons (Fsp3) is 0.500. The van der Waals surface area contributed by atoms with Crippen molar-refractivity contribution < 1.29 is 4.79 Å². The zero-order chi connectivity index (χ0) is 10.1. The van der Waals surface area contributed by atoms with Crippen molar-refractivity contribution in [2.75, 3.05) is 0 Å². The van der Waals surface area contributed by atoms with Gasteiger partial charge in [0.15, 0.2) is 0 Å². The van der Waals surface area contributed by atoms with E-state index in [0.717, 1.165) is 11.4 Å². The van der Waals surface area contributed by atoms with Gasteiger partial charge in [-0.25, -0.2) is 4.98 Å². The molecule has 5 nitrogen and oxygen atoms in total. The minimum Gasteiger partial charge on any atom is -0.346 e. The molecule has 0 aromatic carbocycles. The van der Waals surface area contributed by atoms with E-state index in [1.165, 1.54) is 11.3 Å². The van der Waals surface area contributed by atoms with Gasteiger partial charge in [0.25, 0.3) is 5.91 Å². The second-order valence-corrected chi connectivity index (χ2v) is 4.25. The maximum absolute atomic E-state index is 11.5. The minimum atomic E-state index is -0.154. The van der Waals surface area contributed by atoms with E-state index in [9.17, 15) is 4.79 Å². The van der Waals surface area contributed by atoms with Gasteiger partial charge in [0.05, 0.1) is 0 Å². The van der Waals surface area contributed by atoms with E-state index >= 15 is 0 Å². The van der Waals surface area contributed by atoms with Gasteiger partial charge in [-0.2, -0.15) is 0 Å². The van der Waals surface area contributed by atoms with Crippen LogP contribution in [-0.2, 0) is 6.54 Å². The summed E-state index contributed by atoms with van der Waals surface area (Å²) in [6, 6.07) is 0.247. The molecule has 2 rings (SSSR count). The van der Waals surface area contributed by atoms with Gasteiger partial charge in [0.1, 0.15) is 10.7 Å². The number of amides is 1. The largest absolute Gasteiger partial charge is 0.346 e. The normalized spacial score (nSPS) is 23.1. The second kappa shape index (κ2) is 4.89. The van der Waals surface area contributed by atoms with Crippen LogP contribution in [0.25, 0.3) is 0 Å². The van der Waals surface area contributed by atoms with E-state index in [4.69, 9.17) is 11.5 Å². The van der Waals surface area contributed by atoms with Crippen molar-refractivity contribution in [3.05, 3.63) is 16.1 Å². The third kappa shape index (κ3) is 2.88. The van der Waals surface area contributed by atoms with Crippen LogP contribution < -0.4 is 16.8 Å². The van der Waals surface area contributed by atoms with Gasteiger partial charge in [-0.1, -0.05) is 0 Å².